The number of carbonyl (C=O) groups excluding carboxylic acids is 1. The molecule has 2 N–H and O–H groups in total. The van der Waals surface area contributed by atoms with Crippen molar-refractivity contribution in [3.8, 4) is 0 Å². The summed E-state index contributed by atoms with van der Waals surface area (Å²) in [5.74, 6) is -0.0695. The van der Waals surface area contributed by atoms with Crippen molar-refractivity contribution in [2.45, 2.75) is 32.8 Å². The molecule has 1 amide bonds. The van der Waals surface area contributed by atoms with Gasteiger partial charge in [0.1, 0.15) is 0 Å². The van der Waals surface area contributed by atoms with Gasteiger partial charge in [0.25, 0.3) is 5.56 Å². The highest BCUT2D eigenvalue weighted by Crippen LogP contribution is 2.10. The summed E-state index contributed by atoms with van der Waals surface area (Å²) in [6, 6.07) is 9.46. The Bertz CT molecular complexity index is 692. The number of carbonyl (C=O) groups is 1. The van der Waals surface area contributed by atoms with Crippen LogP contribution in [0.3, 0.4) is 0 Å². The molecule has 0 radical (unpaired) electrons. The number of nitrogens with one attached hydrogen (secondary N) is 2. The number of amides is 1. The molecule has 0 saturated heterocycles. The zero-order valence-electron chi connectivity index (χ0n) is 13.0. The third-order valence-electron chi connectivity index (χ3n) is 3.33. The average Bonchev–Trinajstić information content (AvgIpc) is 2.49. The lowest BCUT2D eigenvalue weighted by atomic mass is 10.1. The van der Waals surface area contributed by atoms with Gasteiger partial charge in [-0.2, -0.15) is 0 Å². The van der Waals surface area contributed by atoms with Gasteiger partial charge < -0.3 is 15.0 Å². The maximum absolute atomic E-state index is 12.0. The molecule has 1 aromatic carbocycles. The standard InChI is InChI=1S/C17H22N2O3/c1-12(2)22-10-9-18-16(20)8-7-14-11-13-5-3-4-6-15(13)19-17(14)21/h3-6,11-12H,7-10H2,1-2H3,(H,18,20)(H,19,21). The fraction of sp³-hybridized carbons (Fsp3) is 0.412. The van der Waals surface area contributed by atoms with Gasteiger partial charge in [-0.1, -0.05) is 18.2 Å². The van der Waals surface area contributed by atoms with E-state index >= 15 is 0 Å². The van der Waals surface area contributed by atoms with Crippen LogP contribution in [0.2, 0.25) is 0 Å². The van der Waals surface area contributed by atoms with Gasteiger partial charge in [0.15, 0.2) is 0 Å². The maximum Gasteiger partial charge on any atom is 0.251 e. The molecule has 22 heavy (non-hydrogen) atoms. The fourth-order valence-electron chi connectivity index (χ4n) is 2.20. The molecular formula is C17H22N2O3. The Labute approximate surface area is 129 Å². The number of fused-ring (bicyclic) bond motifs is 1. The zero-order valence-corrected chi connectivity index (χ0v) is 13.0. The van der Waals surface area contributed by atoms with Gasteiger partial charge in [0.05, 0.1) is 12.7 Å². The van der Waals surface area contributed by atoms with E-state index in [2.05, 4.69) is 10.3 Å². The van der Waals surface area contributed by atoms with E-state index in [-0.39, 0.29) is 17.6 Å². The number of ether oxygens (including phenoxy) is 1. The van der Waals surface area contributed by atoms with Crippen LogP contribution in [0.4, 0.5) is 0 Å². The van der Waals surface area contributed by atoms with Crippen molar-refractivity contribution in [3.63, 3.8) is 0 Å². The van der Waals surface area contributed by atoms with Gasteiger partial charge in [0.2, 0.25) is 5.91 Å². The molecule has 2 rings (SSSR count). The first-order valence-corrected chi connectivity index (χ1v) is 7.55. The molecule has 0 bridgehead atoms. The number of para-hydroxylation sites is 1. The van der Waals surface area contributed by atoms with Crippen molar-refractivity contribution in [1.29, 1.82) is 0 Å². The van der Waals surface area contributed by atoms with E-state index in [4.69, 9.17) is 4.74 Å². The Hall–Kier alpha value is -2.14. The van der Waals surface area contributed by atoms with E-state index in [0.717, 1.165) is 10.9 Å². The molecule has 0 aliphatic heterocycles. The Morgan fingerprint density at radius 2 is 2.09 bits per heavy atom. The molecular weight excluding hydrogens is 280 g/mol. The third kappa shape index (κ3) is 4.70. The molecule has 0 fully saturated rings. The quantitative estimate of drug-likeness (QED) is 0.769. The highest BCUT2D eigenvalue weighted by molar-refractivity contribution is 5.79. The number of aryl methyl sites for hydroxylation is 1. The van der Waals surface area contributed by atoms with Crippen LogP contribution < -0.4 is 10.9 Å². The number of H-pyrrole nitrogens is 1. The number of rotatable bonds is 7. The summed E-state index contributed by atoms with van der Waals surface area (Å²) in [5.41, 5.74) is 1.31. The molecule has 0 unspecified atom stereocenters. The molecule has 2 aromatic rings. The SMILES string of the molecule is CC(C)OCCNC(=O)CCc1cc2ccccc2[nH]c1=O. The number of pyridine rings is 1. The number of aromatic amines is 1. The van der Waals surface area contributed by atoms with Crippen LogP contribution >= 0.6 is 0 Å². The van der Waals surface area contributed by atoms with Crippen LogP contribution in [0, 0.1) is 0 Å². The Morgan fingerprint density at radius 1 is 1.32 bits per heavy atom. The lowest BCUT2D eigenvalue weighted by Gasteiger charge is -2.08. The summed E-state index contributed by atoms with van der Waals surface area (Å²) >= 11 is 0. The second-order valence-electron chi connectivity index (χ2n) is 5.48. The molecule has 1 aromatic heterocycles. The molecule has 1 heterocycles. The molecule has 0 saturated carbocycles. The molecule has 5 nitrogen and oxygen atoms in total. The van der Waals surface area contributed by atoms with Gasteiger partial charge in [-0.3, -0.25) is 9.59 Å². The van der Waals surface area contributed by atoms with Gasteiger partial charge in [0, 0.05) is 24.0 Å². The second-order valence-corrected chi connectivity index (χ2v) is 5.48. The summed E-state index contributed by atoms with van der Waals surface area (Å²) in [4.78, 5) is 26.6. The second kappa shape index (κ2) is 7.75. The largest absolute Gasteiger partial charge is 0.377 e. The van der Waals surface area contributed by atoms with Crippen LogP contribution in [0.15, 0.2) is 35.1 Å². The van der Waals surface area contributed by atoms with Gasteiger partial charge in [-0.05, 0) is 37.8 Å². The number of hydrogen-bond donors (Lipinski definition) is 2. The lowest BCUT2D eigenvalue weighted by molar-refractivity contribution is -0.121. The van der Waals surface area contributed by atoms with Gasteiger partial charge in [-0.15, -0.1) is 0 Å². The molecule has 0 spiro atoms. The van der Waals surface area contributed by atoms with Crippen LogP contribution in [0.25, 0.3) is 10.9 Å². The lowest BCUT2D eigenvalue weighted by Crippen LogP contribution is -2.28. The van der Waals surface area contributed by atoms with Gasteiger partial charge >= 0.3 is 0 Å². The first-order valence-electron chi connectivity index (χ1n) is 7.55. The van der Waals surface area contributed by atoms with Gasteiger partial charge in [-0.25, -0.2) is 0 Å². The highest BCUT2D eigenvalue weighted by Gasteiger charge is 2.06. The van der Waals surface area contributed by atoms with E-state index in [9.17, 15) is 9.59 Å². The van der Waals surface area contributed by atoms with Crippen LogP contribution in [0.1, 0.15) is 25.8 Å². The predicted octanol–water partition coefficient (Wildman–Crippen LogP) is 2.00. The minimum Gasteiger partial charge on any atom is -0.377 e. The zero-order chi connectivity index (χ0) is 15.9. The van der Waals surface area contributed by atoms with Crippen molar-refractivity contribution in [2.75, 3.05) is 13.2 Å². The van der Waals surface area contributed by atoms with Crippen LogP contribution in [-0.4, -0.2) is 30.1 Å². The van der Waals surface area contributed by atoms with Crippen molar-refractivity contribution >= 4 is 16.8 Å². The number of benzene rings is 1. The van der Waals surface area contributed by atoms with E-state index in [1.165, 1.54) is 0 Å². The third-order valence-corrected chi connectivity index (χ3v) is 3.33. The normalized spacial score (nSPS) is 11.0. The maximum atomic E-state index is 12.0. The van der Waals surface area contributed by atoms with Crippen molar-refractivity contribution in [1.82, 2.24) is 10.3 Å². The van der Waals surface area contributed by atoms with E-state index in [1.807, 2.05) is 44.2 Å². The summed E-state index contributed by atoms with van der Waals surface area (Å²) < 4.78 is 5.35. The smallest absolute Gasteiger partial charge is 0.251 e. The van der Waals surface area contributed by atoms with E-state index < -0.39 is 0 Å². The summed E-state index contributed by atoms with van der Waals surface area (Å²) in [5, 5.41) is 3.76. The van der Waals surface area contributed by atoms with Crippen molar-refractivity contribution < 1.29 is 9.53 Å². The molecule has 0 aliphatic rings. The monoisotopic (exact) mass is 302 g/mol. The summed E-state index contributed by atoms with van der Waals surface area (Å²) in [7, 11) is 0. The fourth-order valence-corrected chi connectivity index (χ4v) is 2.20. The topological polar surface area (TPSA) is 71.2 Å². The Balaban J connectivity index is 1.87. The molecule has 0 atom stereocenters. The molecule has 0 aliphatic carbocycles. The number of aromatic nitrogens is 1. The van der Waals surface area contributed by atoms with Crippen LogP contribution in [0.5, 0.6) is 0 Å². The number of hydrogen-bond acceptors (Lipinski definition) is 3. The minimum atomic E-state index is -0.130. The van der Waals surface area contributed by atoms with Crippen molar-refractivity contribution in [3.05, 3.63) is 46.2 Å². The summed E-state index contributed by atoms with van der Waals surface area (Å²) in [6.07, 6.45) is 0.883. The minimum absolute atomic E-state index is 0.0695. The molecule has 118 valence electrons. The van der Waals surface area contributed by atoms with Crippen molar-refractivity contribution in [2.24, 2.45) is 0 Å². The van der Waals surface area contributed by atoms with Crippen LogP contribution in [-0.2, 0) is 16.0 Å². The Kier molecular flexibility index (Phi) is 5.72. The average molecular weight is 302 g/mol. The predicted molar refractivity (Wildman–Crippen MR) is 87.0 cm³/mol. The first kappa shape index (κ1) is 16.2. The Morgan fingerprint density at radius 3 is 2.86 bits per heavy atom. The highest BCUT2D eigenvalue weighted by atomic mass is 16.5. The van der Waals surface area contributed by atoms with E-state index in [1.54, 1.807) is 0 Å². The van der Waals surface area contributed by atoms with E-state index in [0.29, 0.717) is 31.6 Å². The first-order chi connectivity index (χ1) is 10.6. The molecule has 5 heteroatoms. The summed E-state index contributed by atoms with van der Waals surface area (Å²) in [6.45, 7) is 4.90.